The van der Waals surface area contributed by atoms with Crippen molar-refractivity contribution in [2.24, 2.45) is 0 Å². The molecular formula is C18H19NO3S. The van der Waals surface area contributed by atoms with Gasteiger partial charge in [-0.05, 0) is 49.8 Å². The minimum absolute atomic E-state index is 0.00691. The third kappa shape index (κ3) is 5.07. The SMILES string of the molecule is CCS(=O)(=O)Nc1ccc(C(=O)C=Cc2ccc(C)cc2)cc1. The summed E-state index contributed by atoms with van der Waals surface area (Å²) in [5.74, 6) is -0.122. The summed E-state index contributed by atoms with van der Waals surface area (Å²) in [6.07, 6.45) is 3.27. The number of allylic oxidation sites excluding steroid dienone is 1. The first-order valence-corrected chi connectivity index (χ1v) is 8.94. The van der Waals surface area contributed by atoms with Gasteiger partial charge < -0.3 is 0 Å². The number of nitrogens with one attached hydrogen (secondary N) is 1. The van der Waals surface area contributed by atoms with Gasteiger partial charge in [0.15, 0.2) is 5.78 Å². The molecule has 2 rings (SSSR count). The zero-order valence-electron chi connectivity index (χ0n) is 13.1. The molecule has 2 aromatic rings. The van der Waals surface area contributed by atoms with Gasteiger partial charge >= 0.3 is 0 Å². The van der Waals surface area contributed by atoms with E-state index in [-0.39, 0.29) is 11.5 Å². The van der Waals surface area contributed by atoms with E-state index in [0.717, 1.165) is 5.56 Å². The highest BCUT2D eigenvalue weighted by Gasteiger charge is 2.07. The highest BCUT2D eigenvalue weighted by atomic mass is 32.2. The predicted molar refractivity (Wildman–Crippen MR) is 94.1 cm³/mol. The molecule has 0 heterocycles. The van der Waals surface area contributed by atoms with Gasteiger partial charge in [-0.2, -0.15) is 0 Å². The number of benzene rings is 2. The number of ketones is 1. The second-order valence-corrected chi connectivity index (χ2v) is 7.20. The zero-order chi connectivity index (χ0) is 16.9. The quantitative estimate of drug-likeness (QED) is 0.650. The number of carbonyl (C=O) groups is 1. The molecule has 0 unspecified atom stereocenters. The Kier molecular flexibility index (Phi) is 5.34. The molecule has 0 spiro atoms. The van der Waals surface area contributed by atoms with Crippen molar-refractivity contribution in [1.82, 2.24) is 0 Å². The maximum atomic E-state index is 12.1. The molecule has 0 bridgehead atoms. The van der Waals surface area contributed by atoms with E-state index in [1.807, 2.05) is 31.2 Å². The summed E-state index contributed by atoms with van der Waals surface area (Å²) in [6.45, 7) is 3.57. The number of rotatable bonds is 6. The first-order valence-electron chi connectivity index (χ1n) is 7.29. The Labute approximate surface area is 136 Å². The Balaban J connectivity index is 2.07. The van der Waals surface area contributed by atoms with Gasteiger partial charge in [-0.1, -0.05) is 35.9 Å². The van der Waals surface area contributed by atoms with Gasteiger partial charge in [0.1, 0.15) is 0 Å². The van der Waals surface area contributed by atoms with Crippen LogP contribution in [-0.2, 0) is 10.0 Å². The number of hydrogen-bond acceptors (Lipinski definition) is 3. The molecule has 0 fully saturated rings. The normalized spacial score (nSPS) is 11.6. The van der Waals surface area contributed by atoms with E-state index in [4.69, 9.17) is 0 Å². The number of carbonyl (C=O) groups excluding carboxylic acids is 1. The number of sulfonamides is 1. The lowest BCUT2D eigenvalue weighted by molar-refractivity contribution is 0.104. The van der Waals surface area contributed by atoms with Crippen LogP contribution in [0.3, 0.4) is 0 Å². The van der Waals surface area contributed by atoms with Crippen molar-refractivity contribution >= 4 is 27.6 Å². The number of anilines is 1. The summed E-state index contributed by atoms with van der Waals surface area (Å²) in [6, 6.07) is 14.2. The molecule has 0 aromatic heterocycles. The molecule has 0 atom stereocenters. The standard InChI is InChI=1S/C18H19NO3S/c1-3-23(21,22)19-17-11-9-16(10-12-17)18(20)13-8-15-6-4-14(2)5-7-15/h4-13,19H,3H2,1-2H3. The molecule has 0 amide bonds. The second-order valence-electron chi connectivity index (χ2n) is 5.19. The van der Waals surface area contributed by atoms with Crippen LogP contribution in [-0.4, -0.2) is 20.0 Å². The first-order chi connectivity index (χ1) is 10.9. The molecule has 0 aliphatic rings. The fraction of sp³-hybridized carbons (Fsp3) is 0.167. The largest absolute Gasteiger partial charge is 0.289 e. The van der Waals surface area contributed by atoms with Crippen LogP contribution in [0.4, 0.5) is 5.69 Å². The van der Waals surface area contributed by atoms with E-state index in [2.05, 4.69) is 4.72 Å². The van der Waals surface area contributed by atoms with Gasteiger partial charge in [0, 0.05) is 11.3 Å². The molecule has 23 heavy (non-hydrogen) atoms. The van der Waals surface area contributed by atoms with Gasteiger partial charge in [-0.25, -0.2) is 8.42 Å². The van der Waals surface area contributed by atoms with Gasteiger partial charge in [0.2, 0.25) is 10.0 Å². The zero-order valence-corrected chi connectivity index (χ0v) is 13.9. The average Bonchev–Trinajstić information content (AvgIpc) is 2.54. The highest BCUT2D eigenvalue weighted by Crippen LogP contribution is 2.13. The van der Waals surface area contributed by atoms with Crippen LogP contribution in [0.2, 0.25) is 0 Å². The van der Waals surface area contributed by atoms with Gasteiger partial charge in [0.05, 0.1) is 5.75 Å². The Hall–Kier alpha value is -2.40. The molecule has 4 nitrogen and oxygen atoms in total. The van der Waals surface area contributed by atoms with Crippen molar-refractivity contribution in [2.45, 2.75) is 13.8 Å². The monoisotopic (exact) mass is 329 g/mol. The van der Waals surface area contributed by atoms with Crippen LogP contribution in [0.5, 0.6) is 0 Å². The first kappa shape index (κ1) is 17.0. The van der Waals surface area contributed by atoms with Gasteiger partial charge in [-0.15, -0.1) is 0 Å². The fourth-order valence-electron chi connectivity index (χ4n) is 1.90. The molecule has 1 N–H and O–H groups in total. The summed E-state index contributed by atoms with van der Waals surface area (Å²) in [5.41, 5.74) is 3.08. The van der Waals surface area contributed by atoms with E-state index >= 15 is 0 Å². The van der Waals surface area contributed by atoms with E-state index in [1.54, 1.807) is 37.3 Å². The molecule has 120 valence electrons. The maximum Gasteiger partial charge on any atom is 0.232 e. The van der Waals surface area contributed by atoms with Crippen LogP contribution in [0, 0.1) is 6.92 Å². The third-order valence-corrected chi connectivity index (χ3v) is 4.63. The van der Waals surface area contributed by atoms with Crippen molar-refractivity contribution in [3.63, 3.8) is 0 Å². The molecule has 0 aliphatic heterocycles. The third-order valence-electron chi connectivity index (χ3n) is 3.33. The van der Waals surface area contributed by atoms with E-state index in [1.165, 1.54) is 11.6 Å². The second kappa shape index (κ2) is 7.24. The molecule has 0 saturated carbocycles. The van der Waals surface area contributed by atoms with Crippen molar-refractivity contribution in [3.05, 3.63) is 71.3 Å². The smallest absolute Gasteiger partial charge is 0.232 e. The predicted octanol–water partition coefficient (Wildman–Crippen LogP) is 3.65. The van der Waals surface area contributed by atoms with E-state index in [0.29, 0.717) is 11.3 Å². The lowest BCUT2D eigenvalue weighted by atomic mass is 10.1. The Morgan fingerprint density at radius 3 is 2.22 bits per heavy atom. The highest BCUT2D eigenvalue weighted by molar-refractivity contribution is 7.92. The van der Waals surface area contributed by atoms with Crippen LogP contribution in [0.1, 0.15) is 28.4 Å². The van der Waals surface area contributed by atoms with Gasteiger partial charge in [0.25, 0.3) is 0 Å². The number of aryl methyl sites for hydroxylation is 1. The molecule has 0 saturated heterocycles. The average molecular weight is 329 g/mol. The van der Waals surface area contributed by atoms with E-state index < -0.39 is 10.0 Å². The van der Waals surface area contributed by atoms with E-state index in [9.17, 15) is 13.2 Å². The summed E-state index contributed by atoms with van der Waals surface area (Å²) in [5, 5.41) is 0. The maximum absolute atomic E-state index is 12.1. The fourth-order valence-corrected chi connectivity index (χ4v) is 2.54. The summed E-state index contributed by atoms with van der Waals surface area (Å²) >= 11 is 0. The minimum atomic E-state index is -3.30. The van der Waals surface area contributed by atoms with Crippen LogP contribution in [0.25, 0.3) is 6.08 Å². The summed E-state index contributed by atoms with van der Waals surface area (Å²) < 4.78 is 25.4. The molecule has 2 aromatic carbocycles. The van der Waals surface area contributed by atoms with Crippen LogP contribution < -0.4 is 4.72 Å². The molecule has 0 aliphatic carbocycles. The van der Waals surface area contributed by atoms with Crippen molar-refractivity contribution in [1.29, 1.82) is 0 Å². The minimum Gasteiger partial charge on any atom is -0.289 e. The van der Waals surface area contributed by atoms with Crippen molar-refractivity contribution in [2.75, 3.05) is 10.5 Å². The van der Waals surface area contributed by atoms with Crippen molar-refractivity contribution in [3.8, 4) is 0 Å². The molecule has 0 radical (unpaired) electrons. The van der Waals surface area contributed by atoms with Crippen molar-refractivity contribution < 1.29 is 13.2 Å². The lowest BCUT2D eigenvalue weighted by Crippen LogP contribution is -2.14. The van der Waals surface area contributed by atoms with Crippen LogP contribution >= 0.6 is 0 Å². The Morgan fingerprint density at radius 2 is 1.65 bits per heavy atom. The Morgan fingerprint density at radius 1 is 1.04 bits per heavy atom. The molecular weight excluding hydrogens is 310 g/mol. The van der Waals surface area contributed by atoms with Crippen LogP contribution in [0.15, 0.2) is 54.6 Å². The lowest BCUT2D eigenvalue weighted by Gasteiger charge is -2.06. The molecule has 5 heteroatoms. The Bertz CT molecular complexity index is 804. The summed E-state index contributed by atoms with van der Waals surface area (Å²) in [7, 11) is -3.30. The number of hydrogen-bond donors (Lipinski definition) is 1. The van der Waals surface area contributed by atoms with Gasteiger partial charge in [-0.3, -0.25) is 9.52 Å². The summed E-state index contributed by atoms with van der Waals surface area (Å²) in [4.78, 5) is 12.1. The topological polar surface area (TPSA) is 63.2 Å².